The number of pyridine rings is 1. The molecule has 6 nitrogen and oxygen atoms in total. The Hall–Kier alpha value is -2.41. The Labute approximate surface area is 135 Å². The lowest BCUT2D eigenvalue weighted by Gasteiger charge is -2.28. The molecule has 1 saturated heterocycles. The molecule has 0 bridgehead atoms. The van der Waals surface area contributed by atoms with E-state index in [1.165, 1.54) is 4.31 Å². The van der Waals surface area contributed by atoms with Crippen molar-refractivity contribution in [3.63, 3.8) is 0 Å². The maximum Gasteiger partial charge on any atom is 0.255 e. The van der Waals surface area contributed by atoms with Crippen LogP contribution in [0.25, 0.3) is 0 Å². The summed E-state index contributed by atoms with van der Waals surface area (Å²) < 4.78 is 25.6. The summed E-state index contributed by atoms with van der Waals surface area (Å²) in [6.45, 7) is 0.505. The van der Waals surface area contributed by atoms with Gasteiger partial charge in [-0.15, -0.1) is 0 Å². The quantitative estimate of drug-likeness (QED) is 0.935. The fourth-order valence-corrected chi connectivity index (χ4v) is 4.14. The van der Waals surface area contributed by atoms with Crippen molar-refractivity contribution >= 4 is 27.3 Å². The van der Waals surface area contributed by atoms with E-state index in [-0.39, 0.29) is 11.7 Å². The summed E-state index contributed by atoms with van der Waals surface area (Å²) in [5, 5.41) is 2.77. The number of benzene rings is 1. The minimum absolute atomic E-state index is 0.188. The van der Waals surface area contributed by atoms with Gasteiger partial charge in [-0.3, -0.25) is 14.1 Å². The standard InChI is InChI=1S/C16H17N3O3S/c20-16(13-7-9-17-10-8-13)18-14-3-5-15(6-4-14)19-11-1-2-12-23(19,21)22/h3-10H,1-2,11-12H2,(H,18,20). The van der Waals surface area contributed by atoms with E-state index in [4.69, 9.17) is 0 Å². The molecule has 23 heavy (non-hydrogen) atoms. The van der Waals surface area contributed by atoms with Crippen molar-refractivity contribution in [2.45, 2.75) is 12.8 Å². The summed E-state index contributed by atoms with van der Waals surface area (Å²) >= 11 is 0. The van der Waals surface area contributed by atoms with Gasteiger partial charge in [-0.05, 0) is 49.2 Å². The Morgan fingerprint density at radius 3 is 2.39 bits per heavy atom. The fraction of sp³-hybridized carbons (Fsp3) is 0.250. The van der Waals surface area contributed by atoms with Gasteiger partial charge < -0.3 is 5.32 Å². The number of carbonyl (C=O) groups excluding carboxylic acids is 1. The zero-order valence-electron chi connectivity index (χ0n) is 12.5. The second-order valence-electron chi connectivity index (χ2n) is 5.33. The molecule has 2 heterocycles. The minimum atomic E-state index is -3.22. The Bertz CT molecular complexity index is 789. The summed E-state index contributed by atoms with van der Waals surface area (Å²) in [6, 6.07) is 10.1. The van der Waals surface area contributed by atoms with Gasteiger partial charge in [-0.25, -0.2) is 8.42 Å². The molecule has 0 aliphatic carbocycles. The SMILES string of the molecule is O=C(Nc1ccc(N2CCCCS2(=O)=O)cc1)c1ccncc1. The van der Waals surface area contributed by atoms with E-state index in [1.807, 2.05) is 0 Å². The number of amides is 1. The highest BCUT2D eigenvalue weighted by atomic mass is 32.2. The molecule has 0 unspecified atom stereocenters. The third-order valence-corrected chi connectivity index (χ3v) is 5.57. The molecule has 120 valence electrons. The lowest BCUT2D eigenvalue weighted by atomic mass is 10.2. The molecule has 1 aromatic carbocycles. The van der Waals surface area contributed by atoms with E-state index in [2.05, 4.69) is 10.3 Å². The molecule has 0 atom stereocenters. The number of nitrogens with one attached hydrogen (secondary N) is 1. The van der Waals surface area contributed by atoms with Gasteiger partial charge in [0.05, 0.1) is 11.4 Å². The van der Waals surface area contributed by atoms with Crippen molar-refractivity contribution in [1.29, 1.82) is 0 Å². The van der Waals surface area contributed by atoms with Crippen molar-refractivity contribution in [2.75, 3.05) is 21.9 Å². The number of hydrogen-bond donors (Lipinski definition) is 1. The lowest BCUT2D eigenvalue weighted by Crippen LogP contribution is -2.37. The van der Waals surface area contributed by atoms with Crippen LogP contribution in [0.5, 0.6) is 0 Å². The van der Waals surface area contributed by atoms with Gasteiger partial charge in [0.25, 0.3) is 5.91 Å². The topological polar surface area (TPSA) is 79.4 Å². The number of rotatable bonds is 3. The van der Waals surface area contributed by atoms with Gasteiger partial charge in [-0.2, -0.15) is 0 Å². The summed E-state index contributed by atoms with van der Waals surface area (Å²) in [5.74, 6) is -0.0428. The number of hydrogen-bond acceptors (Lipinski definition) is 4. The number of nitrogens with zero attached hydrogens (tertiary/aromatic N) is 2. The van der Waals surface area contributed by atoms with Crippen LogP contribution in [0, 0.1) is 0 Å². The van der Waals surface area contributed by atoms with E-state index < -0.39 is 10.0 Å². The van der Waals surface area contributed by atoms with Crippen LogP contribution in [0.4, 0.5) is 11.4 Å². The smallest absolute Gasteiger partial charge is 0.255 e. The van der Waals surface area contributed by atoms with Gasteiger partial charge in [-0.1, -0.05) is 0 Å². The first kappa shape index (κ1) is 15.5. The first-order chi connectivity index (χ1) is 11.1. The maximum atomic E-state index is 12.1. The molecule has 7 heteroatoms. The van der Waals surface area contributed by atoms with Crippen molar-refractivity contribution in [2.24, 2.45) is 0 Å². The van der Waals surface area contributed by atoms with Crippen LogP contribution in [0.1, 0.15) is 23.2 Å². The fourth-order valence-electron chi connectivity index (χ4n) is 2.50. The number of carbonyl (C=O) groups is 1. The van der Waals surface area contributed by atoms with E-state index in [1.54, 1.807) is 48.8 Å². The predicted octanol–water partition coefficient (Wildman–Crippen LogP) is 2.26. The second-order valence-corrected chi connectivity index (χ2v) is 7.34. The normalized spacial score (nSPS) is 16.8. The third-order valence-electron chi connectivity index (χ3n) is 3.70. The molecule has 1 aliphatic rings. The predicted molar refractivity (Wildman–Crippen MR) is 89.0 cm³/mol. The summed E-state index contributed by atoms with van der Waals surface area (Å²) in [6.07, 6.45) is 4.68. The molecule has 1 fully saturated rings. The van der Waals surface area contributed by atoms with E-state index in [0.717, 1.165) is 6.42 Å². The molecule has 1 aliphatic heterocycles. The average molecular weight is 331 g/mol. The lowest BCUT2D eigenvalue weighted by molar-refractivity contribution is 0.102. The van der Waals surface area contributed by atoms with Crippen molar-refractivity contribution in [3.05, 3.63) is 54.4 Å². The van der Waals surface area contributed by atoms with Crippen molar-refractivity contribution in [3.8, 4) is 0 Å². The van der Waals surface area contributed by atoms with Crippen LogP contribution in [-0.2, 0) is 10.0 Å². The first-order valence-corrected chi connectivity index (χ1v) is 8.99. The van der Waals surface area contributed by atoms with Crippen LogP contribution in [0.3, 0.4) is 0 Å². The van der Waals surface area contributed by atoms with Gasteiger partial charge in [0.15, 0.2) is 0 Å². The number of sulfonamides is 1. The van der Waals surface area contributed by atoms with Crippen LogP contribution < -0.4 is 9.62 Å². The largest absolute Gasteiger partial charge is 0.322 e. The number of aromatic nitrogens is 1. The van der Waals surface area contributed by atoms with Crippen LogP contribution in [0.2, 0.25) is 0 Å². The molecule has 0 saturated carbocycles. The molecule has 3 rings (SSSR count). The van der Waals surface area contributed by atoms with E-state index in [9.17, 15) is 13.2 Å². The molecule has 1 amide bonds. The highest BCUT2D eigenvalue weighted by molar-refractivity contribution is 7.92. The van der Waals surface area contributed by atoms with E-state index in [0.29, 0.717) is 29.9 Å². The number of anilines is 2. The molecule has 2 aromatic rings. The highest BCUT2D eigenvalue weighted by Gasteiger charge is 2.25. The van der Waals surface area contributed by atoms with Crippen LogP contribution in [0.15, 0.2) is 48.8 Å². The highest BCUT2D eigenvalue weighted by Crippen LogP contribution is 2.25. The molecular formula is C16H17N3O3S. The van der Waals surface area contributed by atoms with Gasteiger partial charge >= 0.3 is 0 Å². The molecule has 1 aromatic heterocycles. The Morgan fingerprint density at radius 1 is 1.04 bits per heavy atom. The molecular weight excluding hydrogens is 314 g/mol. The third kappa shape index (κ3) is 3.50. The zero-order valence-corrected chi connectivity index (χ0v) is 13.3. The molecule has 0 spiro atoms. The Kier molecular flexibility index (Phi) is 4.29. The summed E-state index contributed by atoms with van der Waals surface area (Å²) in [5.41, 5.74) is 1.76. The van der Waals surface area contributed by atoms with Gasteiger partial charge in [0.1, 0.15) is 0 Å². The van der Waals surface area contributed by atoms with Crippen molar-refractivity contribution < 1.29 is 13.2 Å². The second kappa shape index (κ2) is 6.37. The van der Waals surface area contributed by atoms with E-state index >= 15 is 0 Å². The van der Waals surface area contributed by atoms with Crippen LogP contribution in [-0.4, -0.2) is 31.6 Å². The first-order valence-electron chi connectivity index (χ1n) is 7.38. The Balaban J connectivity index is 1.74. The monoisotopic (exact) mass is 331 g/mol. The Morgan fingerprint density at radius 2 is 1.74 bits per heavy atom. The van der Waals surface area contributed by atoms with Gasteiger partial charge in [0, 0.05) is 30.2 Å². The summed E-state index contributed by atoms with van der Waals surface area (Å²) in [7, 11) is -3.22. The summed E-state index contributed by atoms with van der Waals surface area (Å²) in [4.78, 5) is 15.9. The maximum absolute atomic E-state index is 12.1. The molecule has 1 N–H and O–H groups in total. The average Bonchev–Trinajstić information content (AvgIpc) is 2.56. The minimum Gasteiger partial charge on any atom is -0.322 e. The van der Waals surface area contributed by atoms with Crippen LogP contribution >= 0.6 is 0 Å². The van der Waals surface area contributed by atoms with Crippen molar-refractivity contribution in [1.82, 2.24) is 4.98 Å². The zero-order chi connectivity index (χ0) is 16.3. The molecule has 0 radical (unpaired) electrons. The van der Waals surface area contributed by atoms with Gasteiger partial charge in [0.2, 0.25) is 10.0 Å².